The van der Waals surface area contributed by atoms with E-state index >= 15 is 0 Å². The highest BCUT2D eigenvalue weighted by molar-refractivity contribution is 6.45. The highest BCUT2D eigenvalue weighted by Crippen LogP contribution is 2.21. The molecule has 0 atom stereocenters. The number of H-pyrrole nitrogens is 1. The van der Waals surface area contributed by atoms with Crippen molar-refractivity contribution in [2.75, 3.05) is 25.5 Å². The van der Waals surface area contributed by atoms with Crippen LogP contribution in [0.25, 0.3) is 11.1 Å². The van der Waals surface area contributed by atoms with Gasteiger partial charge >= 0.3 is 0 Å². The number of hydrogen-bond donors (Lipinski definition) is 4. The monoisotopic (exact) mass is 443 g/mol. The van der Waals surface area contributed by atoms with Crippen molar-refractivity contribution in [2.24, 2.45) is 0 Å². The van der Waals surface area contributed by atoms with Gasteiger partial charge in [0.1, 0.15) is 11.5 Å². The van der Waals surface area contributed by atoms with E-state index in [0.29, 0.717) is 11.4 Å². The smallest absolute Gasteiger partial charge is 0.270 e. The number of aromatic nitrogens is 1. The molecule has 4 N–H and O–H groups in total. The summed E-state index contributed by atoms with van der Waals surface area (Å²) >= 11 is 0. The standard InChI is InChI=1S/C26H29N5O2/c1-28-25-22(11-12-23(32)30-25)24(27)26(33)29-21-13-15-31(16-14-21)17-18-7-9-20(10-8-18)19-5-3-2-4-6-19/h2-12,21,27H,13-17H2,1H3,(H,29,33)(H2,28,30,32). The Balaban J connectivity index is 1.28. The number of hydrogen-bond acceptors (Lipinski definition) is 5. The maximum absolute atomic E-state index is 12.6. The summed E-state index contributed by atoms with van der Waals surface area (Å²) in [4.78, 5) is 29.1. The number of likely N-dealkylation sites (tertiary alicyclic amines) is 1. The van der Waals surface area contributed by atoms with Crippen LogP contribution in [0.5, 0.6) is 0 Å². The molecule has 0 unspecified atom stereocenters. The van der Waals surface area contributed by atoms with E-state index in [2.05, 4.69) is 56.9 Å². The maximum Gasteiger partial charge on any atom is 0.270 e. The first-order valence-electron chi connectivity index (χ1n) is 11.2. The van der Waals surface area contributed by atoms with Gasteiger partial charge < -0.3 is 15.6 Å². The third kappa shape index (κ3) is 5.56. The van der Waals surface area contributed by atoms with Crippen molar-refractivity contribution in [1.82, 2.24) is 15.2 Å². The third-order valence-corrected chi connectivity index (χ3v) is 6.06. The van der Waals surface area contributed by atoms with Crippen LogP contribution in [0.4, 0.5) is 5.82 Å². The van der Waals surface area contributed by atoms with E-state index in [0.717, 1.165) is 32.5 Å². The van der Waals surface area contributed by atoms with Crippen molar-refractivity contribution in [3.05, 3.63) is 88.2 Å². The van der Waals surface area contributed by atoms with Crippen LogP contribution < -0.4 is 16.2 Å². The lowest BCUT2D eigenvalue weighted by Crippen LogP contribution is -2.46. The van der Waals surface area contributed by atoms with Gasteiger partial charge in [-0.25, -0.2) is 0 Å². The Morgan fingerprint density at radius 2 is 1.67 bits per heavy atom. The highest BCUT2D eigenvalue weighted by Gasteiger charge is 2.23. The van der Waals surface area contributed by atoms with Gasteiger partial charge in [-0.2, -0.15) is 0 Å². The van der Waals surface area contributed by atoms with Gasteiger partial charge in [0.15, 0.2) is 0 Å². The molecule has 33 heavy (non-hydrogen) atoms. The number of piperidine rings is 1. The molecular weight excluding hydrogens is 414 g/mol. The summed E-state index contributed by atoms with van der Waals surface area (Å²) in [5, 5.41) is 14.1. The third-order valence-electron chi connectivity index (χ3n) is 6.06. The number of nitrogens with one attached hydrogen (secondary N) is 4. The quantitative estimate of drug-likeness (QED) is 0.421. The summed E-state index contributed by atoms with van der Waals surface area (Å²) in [6.45, 7) is 2.66. The molecule has 1 aromatic heterocycles. The van der Waals surface area contributed by atoms with Gasteiger partial charge in [0.25, 0.3) is 5.91 Å². The van der Waals surface area contributed by atoms with Crippen LogP contribution in [0.2, 0.25) is 0 Å². The topological polar surface area (TPSA) is 101 Å². The largest absolute Gasteiger partial charge is 0.374 e. The average Bonchev–Trinajstić information content (AvgIpc) is 2.85. The Morgan fingerprint density at radius 3 is 2.33 bits per heavy atom. The maximum atomic E-state index is 12.6. The second-order valence-electron chi connectivity index (χ2n) is 8.32. The van der Waals surface area contributed by atoms with Crippen molar-refractivity contribution in [3.63, 3.8) is 0 Å². The molecule has 3 aromatic rings. The molecule has 1 aliphatic heterocycles. The van der Waals surface area contributed by atoms with Crippen LogP contribution in [0, 0.1) is 5.41 Å². The zero-order valence-electron chi connectivity index (χ0n) is 18.7. The van der Waals surface area contributed by atoms with Crippen LogP contribution in [-0.2, 0) is 11.3 Å². The number of anilines is 1. The lowest BCUT2D eigenvalue weighted by Gasteiger charge is -2.32. The molecular formula is C26H29N5O2. The number of carbonyl (C=O) groups excluding carboxylic acids is 1. The Bertz CT molecular complexity index is 1160. The van der Waals surface area contributed by atoms with E-state index in [-0.39, 0.29) is 17.3 Å². The van der Waals surface area contributed by atoms with Crippen LogP contribution in [0.15, 0.2) is 71.5 Å². The number of nitrogens with zero attached hydrogens (tertiary/aromatic N) is 1. The minimum atomic E-state index is -0.423. The molecule has 2 aromatic carbocycles. The second-order valence-corrected chi connectivity index (χ2v) is 8.32. The van der Waals surface area contributed by atoms with Crippen LogP contribution in [-0.4, -0.2) is 47.7 Å². The fourth-order valence-corrected chi connectivity index (χ4v) is 4.19. The summed E-state index contributed by atoms with van der Waals surface area (Å²) in [7, 11) is 1.64. The van der Waals surface area contributed by atoms with E-state index in [1.54, 1.807) is 7.05 Å². The Labute approximate surface area is 193 Å². The van der Waals surface area contributed by atoms with E-state index in [1.807, 2.05) is 18.2 Å². The molecule has 0 radical (unpaired) electrons. The molecule has 2 heterocycles. The average molecular weight is 444 g/mol. The fraction of sp³-hybridized carbons (Fsp3) is 0.269. The van der Waals surface area contributed by atoms with Gasteiger partial charge in [-0.15, -0.1) is 0 Å². The molecule has 7 nitrogen and oxygen atoms in total. The van der Waals surface area contributed by atoms with Crippen LogP contribution in [0.1, 0.15) is 24.0 Å². The van der Waals surface area contributed by atoms with Gasteiger partial charge in [0.05, 0.1) is 0 Å². The normalized spacial score (nSPS) is 14.6. The Hall–Kier alpha value is -3.71. The second kappa shape index (κ2) is 10.3. The molecule has 4 rings (SSSR count). The predicted octanol–water partition coefficient (Wildman–Crippen LogP) is 3.23. The van der Waals surface area contributed by atoms with Crippen molar-refractivity contribution < 1.29 is 4.79 Å². The first kappa shape index (κ1) is 22.5. The molecule has 7 heteroatoms. The molecule has 1 saturated heterocycles. The molecule has 1 fully saturated rings. The molecule has 0 spiro atoms. The summed E-state index contributed by atoms with van der Waals surface area (Å²) in [5.74, 6) is -0.0516. The van der Waals surface area contributed by atoms with E-state index in [4.69, 9.17) is 5.41 Å². The zero-order chi connectivity index (χ0) is 23.2. The van der Waals surface area contributed by atoms with Crippen molar-refractivity contribution in [3.8, 4) is 11.1 Å². The zero-order valence-corrected chi connectivity index (χ0v) is 18.7. The Kier molecular flexibility index (Phi) is 7.00. The molecule has 1 amide bonds. The van der Waals surface area contributed by atoms with Crippen LogP contribution >= 0.6 is 0 Å². The summed E-state index contributed by atoms with van der Waals surface area (Å²) in [6.07, 6.45) is 1.68. The van der Waals surface area contributed by atoms with Gasteiger partial charge in [-0.1, -0.05) is 54.6 Å². The first-order valence-corrected chi connectivity index (χ1v) is 11.2. The summed E-state index contributed by atoms with van der Waals surface area (Å²) in [5.41, 5.74) is 3.65. The molecule has 0 bridgehead atoms. The number of amides is 1. The van der Waals surface area contributed by atoms with Crippen molar-refractivity contribution in [2.45, 2.75) is 25.4 Å². The molecule has 170 valence electrons. The van der Waals surface area contributed by atoms with Gasteiger partial charge in [0, 0.05) is 44.4 Å². The summed E-state index contributed by atoms with van der Waals surface area (Å²) < 4.78 is 0. The fourth-order valence-electron chi connectivity index (χ4n) is 4.19. The SMILES string of the molecule is CNc1[nH]c(=O)ccc1C(=N)C(=O)NC1CCN(Cc2ccc(-c3ccccc3)cc2)CC1. The van der Waals surface area contributed by atoms with E-state index in [1.165, 1.54) is 28.8 Å². The molecule has 0 aliphatic carbocycles. The minimum Gasteiger partial charge on any atom is -0.374 e. The number of benzene rings is 2. The number of carbonyl (C=O) groups is 1. The van der Waals surface area contributed by atoms with Gasteiger partial charge in [-0.3, -0.25) is 19.9 Å². The lowest BCUT2D eigenvalue weighted by atomic mass is 10.0. The molecule has 1 aliphatic rings. The van der Waals surface area contributed by atoms with Gasteiger partial charge in [0.2, 0.25) is 5.56 Å². The van der Waals surface area contributed by atoms with E-state index < -0.39 is 5.91 Å². The first-order chi connectivity index (χ1) is 16.0. The number of rotatable bonds is 7. The van der Waals surface area contributed by atoms with Crippen molar-refractivity contribution >= 4 is 17.4 Å². The van der Waals surface area contributed by atoms with Crippen molar-refractivity contribution in [1.29, 1.82) is 5.41 Å². The summed E-state index contributed by atoms with van der Waals surface area (Å²) in [6, 6.07) is 21.9. The van der Waals surface area contributed by atoms with Crippen LogP contribution in [0.3, 0.4) is 0 Å². The Morgan fingerprint density at radius 1 is 1.00 bits per heavy atom. The molecule has 0 saturated carbocycles. The number of pyridine rings is 1. The number of aromatic amines is 1. The predicted molar refractivity (Wildman–Crippen MR) is 132 cm³/mol. The minimum absolute atomic E-state index is 0.0374. The lowest BCUT2D eigenvalue weighted by molar-refractivity contribution is -0.115. The highest BCUT2D eigenvalue weighted by atomic mass is 16.2. The van der Waals surface area contributed by atoms with Gasteiger partial charge in [-0.05, 0) is 35.6 Å². The van der Waals surface area contributed by atoms with E-state index in [9.17, 15) is 9.59 Å².